The maximum Gasteiger partial charge on any atom is 0.338 e. The summed E-state index contributed by atoms with van der Waals surface area (Å²) in [6, 6.07) is 5.56. The van der Waals surface area contributed by atoms with Gasteiger partial charge in [0, 0.05) is 11.7 Å². The van der Waals surface area contributed by atoms with Crippen LogP contribution in [0.4, 0.5) is 10.5 Å². The van der Waals surface area contributed by atoms with Crippen LogP contribution < -0.4 is 16.4 Å². The number of esters is 1. The van der Waals surface area contributed by atoms with Crippen LogP contribution >= 0.6 is 0 Å². The van der Waals surface area contributed by atoms with Crippen LogP contribution in [0.25, 0.3) is 0 Å². The average Bonchev–Trinajstić information content (AvgIpc) is 2.65. The van der Waals surface area contributed by atoms with Gasteiger partial charge in [0.05, 0.1) is 5.56 Å². The van der Waals surface area contributed by atoms with E-state index in [0.717, 1.165) is 17.8 Å². The Labute approximate surface area is 170 Å². The number of amides is 3. The van der Waals surface area contributed by atoms with Crippen LogP contribution in [0, 0.1) is 23.2 Å². The summed E-state index contributed by atoms with van der Waals surface area (Å²) in [7, 11) is 0. The van der Waals surface area contributed by atoms with Crippen molar-refractivity contribution < 1.29 is 19.1 Å². The van der Waals surface area contributed by atoms with Crippen molar-refractivity contribution in [1.29, 1.82) is 0 Å². The number of nitrogens with one attached hydrogen (secondary N) is 2. The SMILES string of the molecule is CC(NC(=O)COC(=O)c1ccc(NC(N)=O)cc1)C12CC3CC(CC(C3)C1)C2. The van der Waals surface area contributed by atoms with Gasteiger partial charge in [-0.15, -0.1) is 0 Å². The number of nitrogens with two attached hydrogens (primary N) is 1. The standard InChI is InChI=1S/C22H29N3O4/c1-13(22-9-14-6-15(10-22)8-16(7-14)11-22)24-19(26)12-29-20(27)17-2-4-18(5-3-17)25-21(23)28/h2-5,13-16H,6-12H2,1H3,(H,24,26)(H3,23,25,28). The van der Waals surface area contributed by atoms with Gasteiger partial charge in [-0.1, -0.05) is 0 Å². The Morgan fingerprint density at radius 2 is 1.62 bits per heavy atom. The van der Waals surface area contributed by atoms with E-state index in [0.29, 0.717) is 11.3 Å². The first kappa shape index (κ1) is 19.7. The normalized spacial score (nSPS) is 30.4. The first-order chi connectivity index (χ1) is 13.8. The molecule has 29 heavy (non-hydrogen) atoms. The Bertz CT molecular complexity index is 769. The number of carbonyl (C=O) groups is 3. The zero-order chi connectivity index (χ0) is 20.6. The Morgan fingerprint density at radius 3 is 2.14 bits per heavy atom. The molecule has 156 valence electrons. The first-order valence-corrected chi connectivity index (χ1v) is 10.5. The van der Waals surface area contributed by atoms with Gasteiger partial charge in [-0.2, -0.15) is 0 Å². The molecule has 0 aliphatic heterocycles. The van der Waals surface area contributed by atoms with Gasteiger partial charge in [0.25, 0.3) is 5.91 Å². The van der Waals surface area contributed by atoms with Crippen LogP contribution in [0.1, 0.15) is 55.8 Å². The van der Waals surface area contributed by atoms with Gasteiger partial charge in [0.2, 0.25) is 0 Å². The van der Waals surface area contributed by atoms with Gasteiger partial charge in [-0.3, -0.25) is 4.79 Å². The Hall–Kier alpha value is -2.57. The number of urea groups is 1. The lowest BCUT2D eigenvalue weighted by atomic mass is 9.48. The Morgan fingerprint density at radius 1 is 1.07 bits per heavy atom. The van der Waals surface area contributed by atoms with Gasteiger partial charge < -0.3 is 21.1 Å². The zero-order valence-corrected chi connectivity index (χ0v) is 16.8. The molecule has 4 aliphatic rings. The van der Waals surface area contributed by atoms with Crippen LogP contribution in [0.3, 0.4) is 0 Å². The predicted octanol–water partition coefficient (Wildman–Crippen LogP) is 3.06. The quantitative estimate of drug-likeness (QED) is 0.639. The summed E-state index contributed by atoms with van der Waals surface area (Å²) in [5.41, 5.74) is 6.06. The summed E-state index contributed by atoms with van der Waals surface area (Å²) in [6.45, 7) is 1.81. The van der Waals surface area contributed by atoms with Crippen molar-refractivity contribution in [2.75, 3.05) is 11.9 Å². The van der Waals surface area contributed by atoms with E-state index in [-0.39, 0.29) is 24.0 Å². The van der Waals surface area contributed by atoms with Crippen molar-refractivity contribution >= 4 is 23.6 Å². The minimum Gasteiger partial charge on any atom is -0.452 e. The first-order valence-electron chi connectivity index (χ1n) is 10.5. The fourth-order valence-corrected chi connectivity index (χ4v) is 6.19. The maximum absolute atomic E-state index is 12.4. The van der Waals surface area contributed by atoms with Crippen molar-refractivity contribution in [1.82, 2.24) is 5.32 Å². The number of anilines is 1. The third-order valence-corrected chi connectivity index (χ3v) is 7.10. The van der Waals surface area contributed by atoms with Crippen molar-refractivity contribution in [3.63, 3.8) is 0 Å². The van der Waals surface area contributed by atoms with Crippen molar-refractivity contribution in [2.45, 2.75) is 51.5 Å². The zero-order valence-electron chi connectivity index (χ0n) is 16.8. The lowest BCUT2D eigenvalue weighted by Crippen LogP contribution is -2.56. The highest BCUT2D eigenvalue weighted by molar-refractivity contribution is 5.93. The van der Waals surface area contributed by atoms with Crippen molar-refractivity contribution in [3.05, 3.63) is 29.8 Å². The van der Waals surface area contributed by atoms with Gasteiger partial charge in [-0.25, -0.2) is 9.59 Å². The number of carbonyl (C=O) groups excluding carboxylic acids is 3. The summed E-state index contributed by atoms with van der Waals surface area (Å²) in [6.07, 6.45) is 7.74. The van der Waals surface area contributed by atoms with Crippen LogP contribution in [-0.4, -0.2) is 30.6 Å². The molecule has 4 fully saturated rings. The number of hydrogen-bond donors (Lipinski definition) is 3. The second kappa shape index (κ2) is 7.69. The van der Waals surface area contributed by atoms with Gasteiger partial charge >= 0.3 is 12.0 Å². The fourth-order valence-electron chi connectivity index (χ4n) is 6.19. The van der Waals surface area contributed by atoms with E-state index in [1.165, 1.54) is 50.7 Å². The lowest BCUT2D eigenvalue weighted by molar-refractivity contribution is -0.128. The van der Waals surface area contributed by atoms with Gasteiger partial charge in [0.1, 0.15) is 0 Å². The molecular weight excluding hydrogens is 370 g/mol. The maximum atomic E-state index is 12.4. The van der Waals surface area contributed by atoms with Crippen LogP contribution in [0.2, 0.25) is 0 Å². The molecule has 0 saturated heterocycles. The Kier molecular flexibility index (Phi) is 5.23. The molecule has 0 aromatic heterocycles. The highest BCUT2D eigenvalue weighted by Gasteiger charge is 2.53. The molecule has 1 unspecified atom stereocenters. The Balaban J connectivity index is 1.27. The van der Waals surface area contributed by atoms with E-state index in [2.05, 4.69) is 17.6 Å². The monoisotopic (exact) mass is 399 g/mol. The molecule has 1 aromatic rings. The molecule has 3 amide bonds. The minimum atomic E-state index is -0.676. The highest BCUT2D eigenvalue weighted by Crippen LogP contribution is 2.61. The third-order valence-electron chi connectivity index (χ3n) is 7.10. The predicted molar refractivity (Wildman–Crippen MR) is 108 cm³/mol. The van der Waals surface area contributed by atoms with Crippen molar-refractivity contribution in [2.24, 2.45) is 28.9 Å². The summed E-state index contributed by atoms with van der Waals surface area (Å²) in [4.78, 5) is 35.4. The third kappa shape index (κ3) is 4.23. The number of primary amides is 1. The summed E-state index contributed by atoms with van der Waals surface area (Å²) >= 11 is 0. The molecule has 4 saturated carbocycles. The topological polar surface area (TPSA) is 111 Å². The molecule has 0 spiro atoms. The van der Waals surface area contributed by atoms with E-state index in [9.17, 15) is 14.4 Å². The van der Waals surface area contributed by atoms with E-state index >= 15 is 0 Å². The molecule has 4 bridgehead atoms. The molecule has 1 aromatic carbocycles. The van der Waals surface area contributed by atoms with Crippen molar-refractivity contribution in [3.8, 4) is 0 Å². The number of ether oxygens (including phenoxy) is 1. The second-order valence-electron chi connectivity index (χ2n) is 9.21. The van der Waals surface area contributed by atoms with E-state index in [1.54, 1.807) is 12.1 Å². The molecule has 0 heterocycles. The minimum absolute atomic E-state index is 0.0984. The number of rotatable bonds is 6. The average molecular weight is 399 g/mol. The van der Waals surface area contributed by atoms with Gasteiger partial charge in [0.15, 0.2) is 6.61 Å². The molecular formula is C22H29N3O4. The van der Waals surface area contributed by atoms with E-state index < -0.39 is 12.0 Å². The lowest BCUT2D eigenvalue weighted by Gasteiger charge is -2.59. The fraction of sp³-hybridized carbons (Fsp3) is 0.591. The largest absolute Gasteiger partial charge is 0.452 e. The summed E-state index contributed by atoms with van der Waals surface area (Å²) < 4.78 is 5.17. The summed E-state index contributed by atoms with van der Waals surface area (Å²) in [5.74, 6) is 1.64. The molecule has 4 N–H and O–H groups in total. The highest BCUT2D eigenvalue weighted by atomic mass is 16.5. The van der Waals surface area contributed by atoms with Crippen LogP contribution in [0.15, 0.2) is 24.3 Å². The van der Waals surface area contributed by atoms with E-state index in [4.69, 9.17) is 10.5 Å². The molecule has 4 aliphatic carbocycles. The van der Waals surface area contributed by atoms with Crippen LogP contribution in [-0.2, 0) is 9.53 Å². The van der Waals surface area contributed by atoms with E-state index in [1.807, 2.05) is 0 Å². The molecule has 7 nitrogen and oxygen atoms in total. The van der Waals surface area contributed by atoms with Gasteiger partial charge in [-0.05, 0) is 92.9 Å². The number of benzene rings is 1. The molecule has 5 rings (SSSR count). The summed E-state index contributed by atoms with van der Waals surface area (Å²) in [5, 5.41) is 5.52. The molecule has 1 atom stereocenters. The molecule has 0 radical (unpaired) electrons. The smallest absolute Gasteiger partial charge is 0.338 e. The molecule has 7 heteroatoms. The number of hydrogen-bond acceptors (Lipinski definition) is 4. The second-order valence-corrected chi connectivity index (χ2v) is 9.21. The van der Waals surface area contributed by atoms with Crippen LogP contribution in [0.5, 0.6) is 0 Å².